The summed E-state index contributed by atoms with van der Waals surface area (Å²) < 4.78 is 18.4. The van der Waals surface area contributed by atoms with Gasteiger partial charge in [0.05, 0.1) is 12.7 Å². The van der Waals surface area contributed by atoms with Gasteiger partial charge in [0.2, 0.25) is 0 Å². The maximum Gasteiger partial charge on any atom is 0.340 e. The zero-order chi connectivity index (χ0) is 16.2. The van der Waals surface area contributed by atoms with Crippen LogP contribution in [-0.2, 0) is 4.74 Å². The number of nitrogens with zero attached hydrogens (tertiary/aromatic N) is 1. The van der Waals surface area contributed by atoms with Crippen LogP contribution in [0.25, 0.3) is 22.3 Å². The highest BCUT2D eigenvalue weighted by molar-refractivity contribution is 5.91. The fourth-order valence-electron chi connectivity index (χ4n) is 2.39. The number of pyridine rings is 1. The molecule has 4 heteroatoms. The number of carbonyl (C=O) groups excluding carboxylic acids is 1. The Kier molecular flexibility index (Phi) is 4.15. The molecule has 0 saturated carbocycles. The highest BCUT2D eigenvalue weighted by atomic mass is 19.1. The maximum atomic E-state index is 13.8. The molecule has 1 heterocycles. The Morgan fingerprint density at radius 1 is 0.913 bits per heavy atom. The van der Waals surface area contributed by atoms with Crippen LogP contribution in [0.3, 0.4) is 0 Å². The predicted molar refractivity (Wildman–Crippen MR) is 86.4 cm³/mol. The van der Waals surface area contributed by atoms with Crippen LogP contribution in [0.1, 0.15) is 10.4 Å². The van der Waals surface area contributed by atoms with Gasteiger partial charge >= 0.3 is 5.97 Å². The van der Waals surface area contributed by atoms with Gasteiger partial charge in [0.1, 0.15) is 5.82 Å². The Hall–Kier alpha value is -3.01. The van der Waals surface area contributed by atoms with Crippen molar-refractivity contribution in [2.75, 3.05) is 7.11 Å². The number of benzene rings is 2. The molecule has 0 bridgehead atoms. The first-order chi connectivity index (χ1) is 11.2. The van der Waals surface area contributed by atoms with Crippen LogP contribution in [0.2, 0.25) is 0 Å². The van der Waals surface area contributed by atoms with Crippen LogP contribution >= 0.6 is 0 Å². The molecule has 0 aliphatic carbocycles. The van der Waals surface area contributed by atoms with Gasteiger partial charge in [-0.1, -0.05) is 24.3 Å². The summed E-state index contributed by atoms with van der Waals surface area (Å²) in [6.07, 6.45) is 3.46. The van der Waals surface area contributed by atoms with Crippen LogP contribution in [0, 0.1) is 5.82 Å². The van der Waals surface area contributed by atoms with E-state index in [4.69, 9.17) is 0 Å². The van der Waals surface area contributed by atoms with E-state index in [9.17, 15) is 9.18 Å². The van der Waals surface area contributed by atoms with Gasteiger partial charge in [0.25, 0.3) is 0 Å². The molecule has 0 saturated heterocycles. The van der Waals surface area contributed by atoms with Crippen molar-refractivity contribution >= 4 is 5.97 Å². The smallest absolute Gasteiger partial charge is 0.340 e. The molecule has 0 unspecified atom stereocenters. The van der Waals surface area contributed by atoms with Gasteiger partial charge in [-0.2, -0.15) is 0 Å². The van der Waals surface area contributed by atoms with E-state index in [0.29, 0.717) is 0 Å². The van der Waals surface area contributed by atoms with Crippen molar-refractivity contribution in [1.29, 1.82) is 0 Å². The number of halogens is 1. The number of aromatic nitrogens is 1. The summed E-state index contributed by atoms with van der Waals surface area (Å²) in [4.78, 5) is 15.6. The summed E-state index contributed by atoms with van der Waals surface area (Å²) >= 11 is 0. The monoisotopic (exact) mass is 307 g/mol. The van der Waals surface area contributed by atoms with Crippen molar-refractivity contribution in [3.05, 3.63) is 78.4 Å². The van der Waals surface area contributed by atoms with Crippen LogP contribution in [0.4, 0.5) is 4.39 Å². The van der Waals surface area contributed by atoms with E-state index in [0.717, 1.165) is 22.3 Å². The summed E-state index contributed by atoms with van der Waals surface area (Å²) in [5.74, 6) is -1.28. The zero-order valence-electron chi connectivity index (χ0n) is 12.5. The van der Waals surface area contributed by atoms with Crippen molar-refractivity contribution in [2.45, 2.75) is 0 Å². The molecule has 0 N–H and O–H groups in total. The summed E-state index contributed by atoms with van der Waals surface area (Å²) in [5, 5.41) is 0. The molecule has 0 aliphatic heterocycles. The van der Waals surface area contributed by atoms with Gasteiger partial charge in [-0.25, -0.2) is 9.18 Å². The SMILES string of the molecule is COC(=O)c1cc(-c2cccc(-c3ccncc3)c2)ccc1F. The molecule has 0 radical (unpaired) electrons. The Morgan fingerprint density at radius 3 is 2.26 bits per heavy atom. The van der Waals surface area contributed by atoms with E-state index in [1.165, 1.54) is 19.2 Å². The lowest BCUT2D eigenvalue weighted by molar-refractivity contribution is 0.0595. The third-order valence-electron chi connectivity index (χ3n) is 3.58. The standard InChI is InChI=1S/C19H14FNO2/c1-23-19(22)17-12-16(5-6-18(17)20)15-4-2-3-14(11-15)13-7-9-21-10-8-13/h2-12H,1H3. The van der Waals surface area contributed by atoms with Crippen molar-refractivity contribution < 1.29 is 13.9 Å². The van der Waals surface area contributed by atoms with Crippen LogP contribution < -0.4 is 0 Å². The Labute approximate surface area is 133 Å². The van der Waals surface area contributed by atoms with E-state index in [1.54, 1.807) is 18.5 Å². The second-order valence-electron chi connectivity index (χ2n) is 5.00. The van der Waals surface area contributed by atoms with Gasteiger partial charge in [-0.3, -0.25) is 4.98 Å². The Balaban J connectivity index is 2.04. The number of ether oxygens (including phenoxy) is 1. The molecule has 0 fully saturated rings. The minimum Gasteiger partial charge on any atom is -0.465 e. The number of hydrogen-bond acceptors (Lipinski definition) is 3. The first-order valence-corrected chi connectivity index (χ1v) is 7.08. The molecule has 2 aromatic carbocycles. The highest BCUT2D eigenvalue weighted by Crippen LogP contribution is 2.27. The third-order valence-corrected chi connectivity index (χ3v) is 3.58. The fraction of sp³-hybridized carbons (Fsp3) is 0.0526. The molecular formula is C19H14FNO2. The molecule has 0 spiro atoms. The quantitative estimate of drug-likeness (QED) is 0.676. The van der Waals surface area contributed by atoms with E-state index in [2.05, 4.69) is 9.72 Å². The molecule has 3 aromatic rings. The predicted octanol–water partition coefficient (Wildman–Crippen LogP) is 4.34. The first kappa shape index (κ1) is 14.9. The second-order valence-corrected chi connectivity index (χ2v) is 5.00. The fourth-order valence-corrected chi connectivity index (χ4v) is 2.39. The minimum atomic E-state index is -0.686. The van der Waals surface area contributed by atoms with Crippen molar-refractivity contribution in [3.8, 4) is 22.3 Å². The number of methoxy groups -OCH3 is 1. The Bertz CT molecular complexity index is 847. The van der Waals surface area contributed by atoms with E-state index >= 15 is 0 Å². The molecule has 0 aliphatic rings. The van der Waals surface area contributed by atoms with Crippen LogP contribution in [0.5, 0.6) is 0 Å². The van der Waals surface area contributed by atoms with Gasteiger partial charge in [0, 0.05) is 12.4 Å². The lowest BCUT2D eigenvalue weighted by atomic mass is 9.98. The normalized spacial score (nSPS) is 10.3. The van der Waals surface area contributed by atoms with Crippen molar-refractivity contribution in [1.82, 2.24) is 4.98 Å². The molecule has 1 aromatic heterocycles. The number of rotatable bonds is 3. The summed E-state index contributed by atoms with van der Waals surface area (Å²) in [6, 6.07) is 16.1. The van der Waals surface area contributed by atoms with Crippen LogP contribution in [-0.4, -0.2) is 18.1 Å². The van der Waals surface area contributed by atoms with Gasteiger partial charge in [0.15, 0.2) is 0 Å². The van der Waals surface area contributed by atoms with E-state index < -0.39 is 11.8 Å². The van der Waals surface area contributed by atoms with Crippen LogP contribution in [0.15, 0.2) is 67.0 Å². The van der Waals surface area contributed by atoms with Gasteiger partial charge in [-0.05, 0) is 52.6 Å². The van der Waals surface area contributed by atoms with Crippen molar-refractivity contribution in [3.63, 3.8) is 0 Å². The van der Waals surface area contributed by atoms with E-state index in [1.807, 2.05) is 36.4 Å². The van der Waals surface area contributed by atoms with Crippen molar-refractivity contribution in [2.24, 2.45) is 0 Å². The second kappa shape index (κ2) is 6.40. The topological polar surface area (TPSA) is 39.2 Å². The first-order valence-electron chi connectivity index (χ1n) is 7.08. The summed E-state index contributed by atoms with van der Waals surface area (Å²) in [6.45, 7) is 0. The zero-order valence-corrected chi connectivity index (χ0v) is 12.5. The average Bonchev–Trinajstić information content (AvgIpc) is 2.62. The Morgan fingerprint density at radius 2 is 1.57 bits per heavy atom. The lowest BCUT2D eigenvalue weighted by Crippen LogP contribution is -2.04. The van der Waals surface area contributed by atoms with E-state index in [-0.39, 0.29) is 5.56 Å². The minimum absolute atomic E-state index is 0.0701. The number of hydrogen-bond donors (Lipinski definition) is 0. The molecule has 0 amide bonds. The lowest BCUT2D eigenvalue weighted by Gasteiger charge is -2.08. The highest BCUT2D eigenvalue weighted by Gasteiger charge is 2.13. The third kappa shape index (κ3) is 3.11. The molecule has 114 valence electrons. The molecular weight excluding hydrogens is 293 g/mol. The molecule has 3 rings (SSSR count). The number of esters is 1. The summed E-state index contributed by atoms with van der Waals surface area (Å²) in [5.41, 5.74) is 3.64. The number of carbonyl (C=O) groups is 1. The molecule has 3 nitrogen and oxygen atoms in total. The molecule has 23 heavy (non-hydrogen) atoms. The average molecular weight is 307 g/mol. The maximum absolute atomic E-state index is 13.8. The van der Waals surface area contributed by atoms with Gasteiger partial charge in [-0.15, -0.1) is 0 Å². The molecule has 0 atom stereocenters. The summed E-state index contributed by atoms with van der Waals surface area (Å²) in [7, 11) is 1.23. The largest absolute Gasteiger partial charge is 0.465 e. The van der Waals surface area contributed by atoms with Gasteiger partial charge < -0.3 is 4.74 Å².